The number of para-hydroxylation sites is 1. The third kappa shape index (κ3) is 3.18. The first-order valence-electron chi connectivity index (χ1n) is 6.95. The third-order valence-electron chi connectivity index (χ3n) is 3.63. The van der Waals surface area contributed by atoms with Gasteiger partial charge in [0.1, 0.15) is 0 Å². The van der Waals surface area contributed by atoms with Gasteiger partial charge >= 0.3 is 0 Å². The second kappa shape index (κ2) is 6.26. The summed E-state index contributed by atoms with van der Waals surface area (Å²) in [6, 6.07) is 15.2. The van der Waals surface area contributed by atoms with Crippen molar-refractivity contribution < 1.29 is 0 Å². The monoisotopic (exact) mass is 360 g/mol. The van der Waals surface area contributed by atoms with Crippen LogP contribution >= 0.6 is 27.3 Å². The first-order valence-corrected chi connectivity index (χ1v) is 8.56. The standard InChI is InChI=1S/C17H17BrN2S/c1-11-9-14(13-5-3-4-6-15(13)20-11)16(19-2)10-12-7-8-17(18)21-12/h3-9,16,19H,10H2,1-2H3. The summed E-state index contributed by atoms with van der Waals surface area (Å²) in [6.45, 7) is 2.06. The number of hydrogen-bond donors (Lipinski definition) is 1. The molecule has 4 heteroatoms. The number of nitrogens with zero attached hydrogens (tertiary/aromatic N) is 1. The van der Waals surface area contributed by atoms with Crippen molar-refractivity contribution in [1.29, 1.82) is 0 Å². The molecule has 0 amide bonds. The Hall–Kier alpha value is -1.23. The first-order chi connectivity index (χ1) is 10.2. The molecule has 1 aromatic carbocycles. The van der Waals surface area contributed by atoms with Gasteiger partial charge in [-0.2, -0.15) is 0 Å². The highest BCUT2D eigenvalue weighted by Crippen LogP contribution is 2.30. The van der Waals surface area contributed by atoms with E-state index in [1.165, 1.54) is 19.6 Å². The number of rotatable bonds is 4. The van der Waals surface area contributed by atoms with E-state index in [1.807, 2.05) is 13.1 Å². The van der Waals surface area contributed by atoms with E-state index in [1.54, 1.807) is 11.3 Å². The van der Waals surface area contributed by atoms with Crippen molar-refractivity contribution in [2.75, 3.05) is 7.05 Å². The van der Waals surface area contributed by atoms with Crippen LogP contribution in [0.1, 0.15) is 22.2 Å². The SMILES string of the molecule is CNC(Cc1ccc(Br)s1)c1cc(C)nc2ccccc12. The number of halogens is 1. The van der Waals surface area contributed by atoms with E-state index >= 15 is 0 Å². The van der Waals surface area contributed by atoms with Gasteiger partial charge in [0.2, 0.25) is 0 Å². The molecule has 0 spiro atoms. The largest absolute Gasteiger partial charge is 0.313 e. The zero-order chi connectivity index (χ0) is 14.8. The summed E-state index contributed by atoms with van der Waals surface area (Å²) in [5.41, 5.74) is 3.46. The van der Waals surface area contributed by atoms with E-state index in [0.29, 0.717) is 6.04 Å². The molecule has 0 saturated heterocycles. The highest BCUT2D eigenvalue weighted by Gasteiger charge is 2.15. The number of nitrogens with one attached hydrogen (secondary N) is 1. The molecule has 108 valence electrons. The fourth-order valence-electron chi connectivity index (χ4n) is 2.66. The lowest BCUT2D eigenvalue weighted by Gasteiger charge is -2.18. The molecule has 0 radical (unpaired) electrons. The van der Waals surface area contributed by atoms with Gasteiger partial charge in [0, 0.05) is 28.4 Å². The smallest absolute Gasteiger partial charge is 0.0708 e. The summed E-state index contributed by atoms with van der Waals surface area (Å²) < 4.78 is 1.18. The Bertz CT molecular complexity index is 766. The normalized spacial score (nSPS) is 12.7. The van der Waals surface area contributed by atoms with Crippen molar-refractivity contribution in [2.24, 2.45) is 0 Å². The van der Waals surface area contributed by atoms with E-state index in [0.717, 1.165) is 17.6 Å². The Labute approximate surface area is 137 Å². The molecule has 1 N–H and O–H groups in total. The van der Waals surface area contributed by atoms with Crippen molar-refractivity contribution in [3.8, 4) is 0 Å². The Balaban J connectivity index is 2.04. The molecule has 0 fully saturated rings. The van der Waals surface area contributed by atoms with Gasteiger partial charge in [0.05, 0.1) is 9.30 Å². The summed E-state index contributed by atoms with van der Waals surface area (Å²) in [4.78, 5) is 6.01. The molecule has 0 aliphatic heterocycles. The number of thiophene rings is 1. The van der Waals surface area contributed by atoms with E-state index in [-0.39, 0.29) is 0 Å². The van der Waals surface area contributed by atoms with Crippen LogP contribution < -0.4 is 5.32 Å². The summed E-state index contributed by atoms with van der Waals surface area (Å²) >= 11 is 5.34. The fraction of sp³-hybridized carbons (Fsp3) is 0.235. The van der Waals surface area contributed by atoms with Crippen molar-refractivity contribution in [1.82, 2.24) is 10.3 Å². The summed E-state index contributed by atoms with van der Waals surface area (Å²) in [6.07, 6.45) is 0.986. The Morgan fingerprint density at radius 3 is 2.76 bits per heavy atom. The lowest BCUT2D eigenvalue weighted by atomic mass is 9.98. The molecule has 2 heterocycles. The molecule has 1 atom stereocenters. The maximum Gasteiger partial charge on any atom is 0.0708 e. The molecule has 1 unspecified atom stereocenters. The van der Waals surface area contributed by atoms with E-state index < -0.39 is 0 Å². The van der Waals surface area contributed by atoms with E-state index in [2.05, 4.69) is 69.6 Å². The predicted molar refractivity (Wildman–Crippen MR) is 94.0 cm³/mol. The quantitative estimate of drug-likeness (QED) is 0.717. The third-order valence-corrected chi connectivity index (χ3v) is 5.28. The highest BCUT2D eigenvalue weighted by molar-refractivity contribution is 9.11. The lowest BCUT2D eigenvalue weighted by Crippen LogP contribution is -2.19. The van der Waals surface area contributed by atoms with Gasteiger partial charge in [-0.1, -0.05) is 18.2 Å². The minimum absolute atomic E-state index is 0.294. The number of aromatic nitrogens is 1. The number of hydrogen-bond acceptors (Lipinski definition) is 3. The molecule has 0 saturated carbocycles. The van der Waals surface area contributed by atoms with Crippen LogP contribution in [0.4, 0.5) is 0 Å². The maximum absolute atomic E-state index is 4.63. The average molecular weight is 361 g/mol. The topological polar surface area (TPSA) is 24.9 Å². The number of aryl methyl sites for hydroxylation is 1. The highest BCUT2D eigenvalue weighted by atomic mass is 79.9. The second-order valence-electron chi connectivity index (χ2n) is 5.12. The summed E-state index contributed by atoms with van der Waals surface area (Å²) in [5.74, 6) is 0. The maximum atomic E-state index is 4.63. The van der Waals surface area contributed by atoms with Gasteiger partial charge in [0.25, 0.3) is 0 Å². The predicted octanol–water partition coefficient (Wildman–Crippen LogP) is 4.87. The lowest BCUT2D eigenvalue weighted by molar-refractivity contribution is 0.600. The van der Waals surface area contributed by atoms with Gasteiger partial charge in [-0.25, -0.2) is 0 Å². The van der Waals surface area contributed by atoms with Crippen LogP contribution in [-0.4, -0.2) is 12.0 Å². The van der Waals surface area contributed by atoms with Crippen LogP contribution in [0.2, 0.25) is 0 Å². The number of pyridine rings is 1. The minimum Gasteiger partial charge on any atom is -0.313 e. The van der Waals surface area contributed by atoms with E-state index in [4.69, 9.17) is 0 Å². The van der Waals surface area contributed by atoms with Gasteiger partial charge in [-0.3, -0.25) is 4.98 Å². The molecule has 0 bridgehead atoms. The van der Waals surface area contributed by atoms with Crippen LogP contribution in [0, 0.1) is 6.92 Å². The molecular formula is C17H17BrN2S. The van der Waals surface area contributed by atoms with E-state index in [9.17, 15) is 0 Å². The van der Waals surface area contributed by atoms with Crippen molar-refractivity contribution >= 4 is 38.2 Å². The summed E-state index contributed by atoms with van der Waals surface area (Å²) in [7, 11) is 2.03. The molecule has 0 aliphatic carbocycles. The molecule has 3 rings (SSSR count). The van der Waals surface area contributed by atoms with Gasteiger partial charge < -0.3 is 5.32 Å². The van der Waals surface area contributed by atoms with Crippen LogP contribution in [0.15, 0.2) is 46.3 Å². The minimum atomic E-state index is 0.294. The van der Waals surface area contributed by atoms with Gasteiger partial charge in [-0.05, 0) is 59.7 Å². The number of likely N-dealkylation sites (N-methyl/N-ethyl adjacent to an activating group) is 1. The molecular weight excluding hydrogens is 344 g/mol. The average Bonchev–Trinajstić information content (AvgIpc) is 2.89. The van der Waals surface area contributed by atoms with Gasteiger partial charge in [-0.15, -0.1) is 11.3 Å². The Morgan fingerprint density at radius 1 is 1.24 bits per heavy atom. The van der Waals surface area contributed by atoms with Crippen molar-refractivity contribution in [3.05, 3.63) is 62.4 Å². The molecule has 0 aliphatic rings. The fourth-order valence-corrected chi connectivity index (χ4v) is 4.19. The molecule has 21 heavy (non-hydrogen) atoms. The van der Waals surface area contributed by atoms with Crippen LogP contribution in [0.5, 0.6) is 0 Å². The van der Waals surface area contributed by atoms with Crippen molar-refractivity contribution in [2.45, 2.75) is 19.4 Å². The van der Waals surface area contributed by atoms with Crippen molar-refractivity contribution in [3.63, 3.8) is 0 Å². The molecule has 2 aromatic heterocycles. The number of fused-ring (bicyclic) bond motifs is 1. The molecule has 2 nitrogen and oxygen atoms in total. The van der Waals surface area contributed by atoms with Crippen LogP contribution in [0.3, 0.4) is 0 Å². The summed E-state index contributed by atoms with van der Waals surface area (Å²) in [5, 5.41) is 4.69. The van der Waals surface area contributed by atoms with Crippen LogP contribution in [-0.2, 0) is 6.42 Å². The number of benzene rings is 1. The first kappa shape index (κ1) is 14.7. The van der Waals surface area contributed by atoms with Gasteiger partial charge in [0.15, 0.2) is 0 Å². The Morgan fingerprint density at radius 2 is 2.05 bits per heavy atom. The van der Waals surface area contributed by atoms with Crippen LogP contribution in [0.25, 0.3) is 10.9 Å². The second-order valence-corrected chi connectivity index (χ2v) is 7.67. The Kier molecular flexibility index (Phi) is 4.38. The zero-order valence-electron chi connectivity index (χ0n) is 12.1. The molecule has 3 aromatic rings. The zero-order valence-corrected chi connectivity index (χ0v) is 14.5.